The molecule has 0 N–H and O–H groups in total. The van der Waals surface area contributed by atoms with Crippen molar-refractivity contribution in [2.75, 3.05) is 32.6 Å². The summed E-state index contributed by atoms with van der Waals surface area (Å²) in [6.45, 7) is 3.81. The molecule has 2 aliphatic heterocycles. The van der Waals surface area contributed by atoms with Gasteiger partial charge in [0.15, 0.2) is 6.29 Å². The number of hydrogen-bond donors (Lipinski definition) is 0. The normalized spacial score (nSPS) is 20.3. The Bertz CT molecular complexity index is 1370. The molecular formula is C27H33N5O6S. The molecule has 11 nitrogen and oxygen atoms in total. The van der Waals surface area contributed by atoms with E-state index in [1.54, 1.807) is 29.8 Å². The maximum absolute atomic E-state index is 13.4. The molecule has 0 radical (unpaired) electrons. The second kappa shape index (κ2) is 11.8. The average Bonchev–Trinajstić information content (AvgIpc) is 3.63. The van der Waals surface area contributed by atoms with E-state index in [2.05, 4.69) is 10.3 Å². The Labute approximate surface area is 228 Å². The fourth-order valence-corrected chi connectivity index (χ4v) is 6.37. The zero-order valence-corrected chi connectivity index (χ0v) is 22.9. The van der Waals surface area contributed by atoms with Gasteiger partial charge in [0.1, 0.15) is 17.5 Å². The minimum Gasteiger partial charge on any atom is -0.497 e. The second-order valence-electron chi connectivity index (χ2n) is 9.66. The van der Waals surface area contributed by atoms with Gasteiger partial charge in [0.25, 0.3) is 0 Å². The van der Waals surface area contributed by atoms with E-state index in [0.29, 0.717) is 31.9 Å². The summed E-state index contributed by atoms with van der Waals surface area (Å²) in [4.78, 5) is 14.9. The number of carbonyl (C=O) groups excluding carboxylic acids is 1. The predicted molar refractivity (Wildman–Crippen MR) is 143 cm³/mol. The van der Waals surface area contributed by atoms with Crippen molar-refractivity contribution in [1.82, 2.24) is 24.2 Å². The molecule has 2 aliphatic rings. The molecule has 2 saturated heterocycles. The number of ether oxygens (including phenoxy) is 3. The summed E-state index contributed by atoms with van der Waals surface area (Å²) in [7, 11) is -2.03. The summed E-state index contributed by atoms with van der Waals surface area (Å²) in [5.74, 6) is 0.370. The third kappa shape index (κ3) is 6.47. The minimum atomic E-state index is -3.66. The Morgan fingerprint density at radius 3 is 2.33 bits per heavy atom. The highest BCUT2D eigenvalue weighted by atomic mass is 32.2. The van der Waals surface area contributed by atoms with Crippen LogP contribution in [0.4, 0.5) is 0 Å². The monoisotopic (exact) mass is 555 g/mol. The molecule has 5 rings (SSSR count). The molecule has 2 aromatic carbocycles. The van der Waals surface area contributed by atoms with Crippen molar-refractivity contribution in [1.29, 1.82) is 0 Å². The highest BCUT2D eigenvalue weighted by Gasteiger charge is 2.38. The van der Waals surface area contributed by atoms with Crippen LogP contribution in [-0.2, 0) is 43.9 Å². The van der Waals surface area contributed by atoms with Crippen molar-refractivity contribution in [3.63, 3.8) is 0 Å². The van der Waals surface area contributed by atoms with Gasteiger partial charge >= 0.3 is 0 Å². The number of hydrogen-bond acceptors (Lipinski definition) is 8. The Morgan fingerprint density at radius 2 is 1.67 bits per heavy atom. The first-order valence-corrected chi connectivity index (χ1v) is 14.6. The zero-order valence-electron chi connectivity index (χ0n) is 22.1. The Morgan fingerprint density at radius 1 is 1.00 bits per heavy atom. The number of methoxy groups -OCH3 is 1. The molecular weight excluding hydrogens is 522 g/mol. The molecule has 1 unspecified atom stereocenters. The lowest BCUT2D eigenvalue weighted by Gasteiger charge is -2.26. The molecule has 0 aliphatic carbocycles. The van der Waals surface area contributed by atoms with Gasteiger partial charge in [-0.1, -0.05) is 41.6 Å². The number of benzene rings is 2. The van der Waals surface area contributed by atoms with Gasteiger partial charge in [-0.2, -0.15) is 4.31 Å². The molecule has 208 valence electrons. The smallest absolute Gasteiger partial charge is 0.241 e. The summed E-state index contributed by atoms with van der Waals surface area (Å²) in [6, 6.07) is 14.6. The SMILES string of the molecule is COc1ccc(-c2ccc(CN3C(C)C(=O)N(Cc4cn(CCC5OCCO5)nn4)CCS3(=O)=O)cc2)cc1. The molecule has 3 aromatic rings. The first kappa shape index (κ1) is 27.3. The van der Waals surface area contributed by atoms with Crippen LogP contribution in [0.2, 0.25) is 0 Å². The Hall–Kier alpha value is -3.32. The molecule has 2 fully saturated rings. The molecule has 39 heavy (non-hydrogen) atoms. The number of amides is 1. The summed E-state index contributed by atoms with van der Waals surface area (Å²) in [5.41, 5.74) is 3.44. The van der Waals surface area contributed by atoms with Crippen LogP contribution >= 0.6 is 0 Å². The van der Waals surface area contributed by atoms with Gasteiger partial charge in [-0.3, -0.25) is 9.48 Å². The van der Waals surface area contributed by atoms with Crippen molar-refractivity contribution in [3.8, 4) is 16.9 Å². The molecule has 0 bridgehead atoms. The van der Waals surface area contributed by atoms with E-state index in [4.69, 9.17) is 14.2 Å². The van der Waals surface area contributed by atoms with Crippen LogP contribution in [0.25, 0.3) is 11.1 Å². The number of rotatable bonds is 9. The number of nitrogens with zero attached hydrogens (tertiary/aromatic N) is 5. The maximum atomic E-state index is 13.4. The highest BCUT2D eigenvalue weighted by Crippen LogP contribution is 2.25. The zero-order chi connectivity index (χ0) is 27.4. The molecule has 12 heteroatoms. The third-order valence-electron chi connectivity index (χ3n) is 7.02. The van der Waals surface area contributed by atoms with Crippen LogP contribution in [0.15, 0.2) is 54.7 Å². The molecule has 0 saturated carbocycles. The van der Waals surface area contributed by atoms with Crippen molar-refractivity contribution >= 4 is 15.9 Å². The van der Waals surface area contributed by atoms with E-state index < -0.39 is 16.1 Å². The van der Waals surface area contributed by atoms with Gasteiger partial charge < -0.3 is 19.1 Å². The molecule has 3 heterocycles. The molecule has 1 aromatic heterocycles. The van der Waals surface area contributed by atoms with Gasteiger partial charge in [-0.15, -0.1) is 5.10 Å². The van der Waals surface area contributed by atoms with E-state index >= 15 is 0 Å². The standard InChI is InChI=1S/C27H33N5O6S/c1-20-27(33)30(18-24-19-31(29-28-24)12-11-26-37-14-15-38-26)13-16-39(34,35)32(20)17-21-3-5-22(6-4-21)23-7-9-25(36-2)10-8-23/h3-10,19-20,26H,11-18H2,1-2H3. The van der Waals surface area contributed by atoms with Crippen molar-refractivity contribution in [2.45, 2.75) is 45.3 Å². The summed E-state index contributed by atoms with van der Waals surface area (Å²) < 4.78 is 45.5. The average molecular weight is 556 g/mol. The fraction of sp³-hybridized carbons (Fsp3) is 0.444. The largest absolute Gasteiger partial charge is 0.497 e. The second-order valence-corrected chi connectivity index (χ2v) is 11.7. The molecule has 1 atom stereocenters. The van der Waals surface area contributed by atoms with E-state index in [9.17, 15) is 13.2 Å². The van der Waals surface area contributed by atoms with Gasteiger partial charge in [0, 0.05) is 26.1 Å². The molecule has 1 amide bonds. The van der Waals surface area contributed by atoms with Gasteiger partial charge in [0.2, 0.25) is 15.9 Å². The van der Waals surface area contributed by atoms with Crippen LogP contribution in [-0.4, -0.2) is 83.5 Å². The summed E-state index contributed by atoms with van der Waals surface area (Å²) >= 11 is 0. The first-order chi connectivity index (χ1) is 18.8. The molecule has 0 spiro atoms. The predicted octanol–water partition coefficient (Wildman–Crippen LogP) is 2.28. The fourth-order valence-electron chi connectivity index (χ4n) is 4.77. The van der Waals surface area contributed by atoms with Gasteiger partial charge in [0.05, 0.1) is 38.8 Å². The third-order valence-corrected chi connectivity index (χ3v) is 8.88. The Kier molecular flexibility index (Phi) is 8.26. The van der Waals surface area contributed by atoms with E-state index in [1.807, 2.05) is 48.5 Å². The summed E-state index contributed by atoms with van der Waals surface area (Å²) in [6.07, 6.45) is 2.19. The number of sulfonamides is 1. The minimum absolute atomic E-state index is 0.0923. The van der Waals surface area contributed by atoms with Crippen molar-refractivity contribution in [2.24, 2.45) is 0 Å². The quantitative estimate of drug-likeness (QED) is 0.395. The summed E-state index contributed by atoms with van der Waals surface area (Å²) in [5, 5.41) is 8.31. The maximum Gasteiger partial charge on any atom is 0.241 e. The number of carbonyl (C=O) groups is 1. The number of aryl methyl sites for hydroxylation is 1. The van der Waals surface area contributed by atoms with Crippen LogP contribution in [0.3, 0.4) is 0 Å². The van der Waals surface area contributed by atoms with Crippen molar-refractivity contribution in [3.05, 3.63) is 66.0 Å². The van der Waals surface area contributed by atoms with Gasteiger partial charge in [-0.05, 0) is 35.7 Å². The van der Waals surface area contributed by atoms with Crippen LogP contribution in [0.5, 0.6) is 5.75 Å². The van der Waals surface area contributed by atoms with Gasteiger partial charge in [-0.25, -0.2) is 8.42 Å². The topological polar surface area (TPSA) is 116 Å². The van der Waals surface area contributed by atoms with Crippen LogP contribution in [0.1, 0.15) is 24.6 Å². The first-order valence-electron chi connectivity index (χ1n) is 13.0. The van der Waals surface area contributed by atoms with Crippen LogP contribution in [0, 0.1) is 0 Å². The lowest BCUT2D eigenvalue weighted by atomic mass is 10.0. The van der Waals surface area contributed by atoms with E-state index in [0.717, 1.165) is 22.4 Å². The lowest BCUT2D eigenvalue weighted by molar-refractivity contribution is -0.134. The lowest BCUT2D eigenvalue weighted by Crippen LogP contribution is -2.45. The van der Waals surface area contributed by atoms with Crippen molar-refractivity contribution < 1.29 is 27.4 Å². The Balaban J connectivity index is 1.23. The highest BCUT2D eigenvalue weighted by molar-refractivity contribution is 7.89. The number of aromatic nitrogens is 3. The van der Waals surface area contributed by atoms with E-state index in [-0.39, 0.29) is 37.6 Å². The van der Waals surface area contributed by atoms with Crippen LogP contribution < -0.4 is 4.74 Å². The van der Waals surface area contributed by atoms with E-state index in [1.165, 1.54) is 4.31 Å².